The van der Waals surface area contributed by atoms with Gasteiger partial charge in [0.25, 0.3) is 11.8 Å². The Morgan fingerprint density at radius 2 is 1.75 bits per heavy atom. The fraction of sp³-hybridized carbons (Fsp3) is 0.143. The summed E-state index contributed by atoms with van der Waals surface area (Å²) in [6.07, 6.45) is 1.49. The zero-order valence-electron chi connectivity index (χ0n) is 15.4. The van der Waals surface area contributed by atoms with E-state index in [4.69, 9.17) is 4.74 Å². The molecule has 0 bridgehead atoms. The zero-order chi connectivity index (χ0) is 20.3. The molecule has 1 aliphatic rings. The van der Waals surface area contributed by atoms with E-state index in [0.717, 1.165) is 10.5 Å². The molecule has 4 amide bonds. The van der Waals surface area contributed by atoms with Crippen molar-refractivity contribution in [1.82, 2.24) is 5.32 Å². The second-order valence-corrected chi connectivity index (χ2v) is 6.16. The number of para-hydroxylation sites is 1. The van der Waals surface area contributed by atoms with E-state index in [1.54, 1.807) is 55.5 Å². The first-order valence-corrected chi connectivity index (χ1v) is 8.68. The van der Waals surface area contributed by atoms with Crippen molar-refractivity contribution in [3.63, 3.8) is 0 Å². The van der Waals surface area contributed by atoms with Crippen LogP contribution in [0.4, 0.5) is 10.5 Å². The first-order valence-electron chi connectivity index (χ1n) is 8.68. The summed E-state index contributed by atoms with van der Waals surface area (Å²) in [5.41, 5.74) is 1.45. The molecule has 0 atom stereocenters. The van der Waals surface area contributed by atoms with Crippen LogP contribution in [-0.4, -0.2) is 23.8 Å². The number of amides is 4. The lowest BCUT2D eigenvalue weighted by molar-refractivity contribution is -0.134. The molecule has 2 aromatic carbocycles. The van der Waals surface area contributed by atoms with Crippen LogP contribution in [0.3, 0.4) is 0 Å². The van der Waals surface area contributed by atoms with Crippen molar-refractivity contribution in [1.29, 1.82) is 0 Å². The van der Waals surface area contributed by atoms with Gasteiger partial charge < -0.3 is 4.74 Å². The Morgan fingerprint density at radius 1 is 1.07 bits per heavy atom. The predicted octanol–water partition coefficient (Wildman–Crippen LogP) is 2.98. The van der Waals surface area contributed by atoms with Crippen molar-refractivity contribution in [2.45, 2.75) is 20.3 Å². The number of benzene rings is 2. The van der Waals surface area contributed by atoms with Crippen LogP contribution in [0.1, 0.15) is 24.5 Å². The van der Waals surface area contributed by atoms with Crippen molar-refractivity contribution in [2.24, 2.45) is 0 Å². The largest absolute Gasteiger partial charge is 0.426 e. The quantitative estimate of drug-likeness (QED) is 0.382. The van der Waals surface area contributed by atoms with Gasteiger partial charge in [-0.05, 0) is 31.2 Å². The molecule has 0 unspecified atom stereocenters. The van der Waals surface area contributed by atoms with Crippen LogP contribution in [0, 0.1) is 6.92 Å². The first-order chi connectivity index (χ1) is 13.4. The number of barbiturate groups is 1. The highest BCUT2D eigenvalue weighted by Gasteiger charge is 2.36. The molecule has 28 heavy (non-hydrogen) atoms. The van der Waals surface area contributed by atoms with Gasteiger partial charge in [-0.25, -0.2) is 9.69 Å². The monoisotopic (exact) mass is 378 g/mol. The molecule has 0 aliphatic carbocycles. The van der Waals surface area contributed by atoms with Crippen molar-refractivity contribution >= 4 is 35.6 Å². The van der Waals surface area contributed by atoms with Gasteiger partial charge >= 0.3 is 12.0 Å². The average molecular weight is 378 g/mol. The molecule has 0 spiro atoms. The topological polar surface area (TPSA) is 92.8 Å². The minimum atomic E-state index is -0.818. The van der Waals surface area contributed by atoms with Crippen LogP contribution in [0.2, 0.25) is 0 Å². The van der Waals surface area contributed by atoms with E-state index in [1.165, 1.54) is 6.08 Å². The Kier molecular flexibility index (Phi) is 5.35. The van der Waals surface area contributed by atoms with Crippen molar-refractivity contribution in [3.05, 3.63) is 65.2 Å². The van der Waals surface area contributed by atoms with E-state index in [2.05, 4.69) is 5.32 Å². The number of anilines is 1. The Labute approximate surface area is 161 Å². The number of rotatable bonds is 4. The number of ether oxygens (including phenoxy) is 1. The standard InChI is InChI=1S/C21H18N2O5/c1-3-18(24)28-17-7-5-4-6-14(17)12-16-19(25)22-21(27)23(20(16)26)15-10-8-13(2)9-11-15/h4-12H,3H2,1-2H3,(H,22,25,27)/b16-12-. The van der Waals surface area contributed by atoms with Crippen LogP contribution < -0.4 is 15.0 Å². The molecule has 1 N–H and O–H groups in total. The molecule has 142 valence electrons. The smallest absolute Gasteiger partial charge is 0.335 e. The zero-order valence-corrected chi connectivity index (χ0v) is 15.4. The lowest BCUT2D eigenvalue weighted by Gasteiger charge is -2.26. The number of carbonyl (C=O) groups is 4. The fourth-order valence-corrected chi connectivity index (χ4v) is 2.63. The van der Waals surface area contributed by atoms with Crippen molar-refractivity contribution < 1.29 is 23.9 Å². The van der Waals surface area contributed by atoms with Gasteiger partial charge in [0.2, 0.25) is 0 Å². The minimum Gasteiger partial charge on any atom is -0.426 e. The molecule has 0 aromatic heterocycles. The summed E-state index contributed by atoms with van der Waals surface area (Å²) >= 11 is 0. The minimum absolute atomic E-state index is 0.181. The number of nitrogens with one attached hydrogen (secondary N) is 1. The van der Waals surface area contributed by atoms with Gasteiger partial charge in [0.15, 0.2) is 0 Å². The van der Waals surface area contributed by atoms with Gasteiger partial charge in [-0.15, -0.1) is 0 Å². The molecular weight excluding hydrogens is 360 g/mol. The number of hydrogen-bond acceptors (Lipinski definition) is 5. The van der Waals surface area contributed by atoms with E-state index < -0.39 is 23.8 Å². The normalized spacial score (nSPS) is 15.6. The van der Waals surface area contributed by atoms with Crippen LogP contribution in [-0.2, 0) is 14.4 Å². The van der Waals surface area contributed by atoms with Crippen LogP contribution in [0.25, 0.3) is 6.08 Å². The maximum absolute atomic E-state index is 12.9. The molecule has 3 rings (SSSR count). The second kappa shape index (κ2) is 7.87. The molecular formula is C21H18N2O5. The summed E-state index contributed by atoms with van der Waals surface area (Å²) in [7, 11) is 0. The molecule has 0 radical (unpaired) electrons. The van der Waals surface area contributed by atoms with Gasteiger partial charge in [0.1, 0.15) is 11.3 Å². The van der Waals surface area contributed by atoms with Gasteiger partial charge in [-0.3, -0.25) is 19.7 Å². The summed E-state index contributed by atoms with van der Waals surface area (Å²) in [6.45, 7) is 3.54. The molecule has 2 aromatic rings. The highest BCUT2D eigenvalue weighted by Crippen LogP contribution is 2.25. The molecule has 1 aliphatic heterocycles. The van der Waals surface area contributed by atoms with Gasteiger partial charge in [-0.1, -0.05) is 42.8 Å². The summed E-state index contributed by atoms with van der Waals surface area (Å²) < 4.78 is 5.25. The van der Waals surface area contributed by atoms with E-state index in [0.29, 0.717) is 11.3 Å². The number of hydrogen-bond donors (Lipinski definition) is 1. The SMILES string of the molecule is CCC(=O)Oc1ccccc1/C=C1/C(=O)NC(=O)N(c2ccc(C)cc2)C1=O. The summed E-state index contributed by atoms with van der Waals surface area (Å²) in [5.74, 6) is -1.79. The van der Waals surface area contributed by atoms with Crippen LogP contribution >= 0.6 is 0 Å². The number of nitrogens with zero attached hydrogens (tertiary/aromatic N) is 1. The second-order valence-electron chi connectivity index (χ2n) is 6.16. The summed E-state index contributed by atoms with van der Waals surface area (Å²) in [6, 6.07) is 12.5. The third-order valence-corrected chi connectivity index (χ3v) is 4.13. The van der Waals surface area contributed by atoms with Crippen LogP contribution in [0.15, 0.2) is 54.1 Å². The molecule has 7 nitrogen and oxygen atoms in total. The highest BCUT2D eigenvalue weighted by molar-refractivity contribution is 6.39. The van der Waals surface area contributed by atoms with Crippen molar-refractivity contribution in [2.75, 3.05) is 4.90 Å². The maximum atomic E-state index is 12.9. The lowest BCUT2D eigenvalue weighted by Crippen LogP contribution is -2.54. The number of carbonyl (C=O) groups excluding carboxylic acids is 4. The highest BCUT2D eigenvalue weighted by atomic mass is 16.5. The van der Waals surface area contributed by atoms with Gasteiger partial charge in [0, 0.05) is 12.0 Å². The Bertz CT molecular complexity index is 992. The molecule has 7 heteroatoms. The third kappa shape index (κ3) is 3.83. The van der Waals surface area contributed by atoms with Gasteiger partial charge in [0.05, 0.1) is 5.69 Å². The first kappa shape index (κ1) is 19.0. The molecule has 0 saturated carbocycles. The van der Waals surface area contributed by atoms with Crippen LogP contribution in [0.5, 0.6) is 5.75 Å². The van der Waals surface area contributed by atoms with E-state index >= 15 is 0 Å². The van der Waals surface area contributed by atoms with E-state index in [1.807, 2.05) is 6.92 Å². The van der Waals surface area contributed by atoms with E-state index in [9.17, 15) is 19.2 Å². The summed E-state index contributed by atoms with van der Waals surface area (Å²) in [5, 5.41) is 2.17. The third-order valence-electron chi connectivity index (χ3n) is 4.13. The Balaban J connectivity index is 2.00. The number of urea groups is 1. The van der Waals surface area contributed by atoms with Gasteiger partial charge in [-0.2, -0.15) is 0 Å². The number of aryl methyl sites for hydroxylation is 1. The average Bonchev–Trinajstić information content (AvgIpc) is 2.67. The maximum Gasteiger partial charge on any atom is 0.335 e. The van der Waals surface area contributed by atoms with E-state index in [-0.39, 0.29) is 17.7 Å². The molecule has 1 saturated heterocycles. The molecule has 1 fully saturated rings. The molecule has 1 heterocycles. The van der Waals surface area contributed by atoms with Crippen molar-refractivity contribution in [3.8, 4) is 5.75 Å². The number of imide groups is 2. The fourth-order valence-electron chi connectivity index (χ4n) is 2.63. The Morgan fingerprint density at radius 3 is 2.43 bits per heavy atom. The number of esters is 1. The Hall–Kier alpha value is -3.74. The lowest BCUT2D eigenvalue weighted by atomic mass is 10.1. The predicted molar refractivity (Wildman–Crippen MR) is 103 cm³/mol. The summed E-state index contributed by atoms with van der Waals surface area (Å²) in [4.78, 5) is 49.9.